The molecule has 0 aliphatic heterocycles. The molecule has 0 spiro atoms. The van der Waals surface area contributed by atoms with E-state index in [1.807, 2.05) is 36.6 Å². The van der Waals surface area contributed by atoms with Crippen LogP contribution in [0.2, 0.25) is 0 Å². The standard InChI is InChI=1S/C16H26N2OS/c1-16(2,3)14(12-8-6-5-7-9-12)18-15(19)13(17)10-11-20-4/h5-9,13-14H,10-11,17H2,1-4H3,(H,18,19)/t13-,14?/m0/s1. The Kier molecular flexibility index (Phi) is 6.56. The summed E-state index contributed by atoms with van der Waals surface area (Å²) in [6.45, 7) is 6.37. The number of hydrogen-bond acceptors (Lipinski definition) is 3. The van der Waals surface area contributed by atoms with Crippen molar-refractivity contribution in [2.24, 2.45) is 11.1 Å². The van der Waals surface area contributed by atoms with Gasteiger partial charge in [0, 0.05) is 0 Å². The molecule has 0 aromatic heterocycles. The second kappa shape index (κ2) is 7.70. The van der Waals surface area contributed by atoms with Crippen molar-refractivity contribution in [2.75, 3.05) is 12.0 Å². The molecule has 1 aromatic carbocycles. The van der Waals surface area contributed by atoms with E-state index in [1.54, 1.807) is 11.8 Å². The quantitative estimate of drug-likeness (QED) is 0.848. The lowest BCUT2D eigenvalue weighted by Crippen LogP contribution is -2.45. The molecular formula is C16H26N2OS. The average Bonchev–Trinajstić information content (AvgIpc) is 2.41. The number of benzene rings is 1. The van der Waals surface area contributed by atoms with Crippen LogP contribution in [0.4, 0.5) is 0 Å². The number of nitrogens with two attached hydrogens (primary N) is 1. The zero-order valence-corrected chi connectivity index (χ0v) is 13.7. The third-order valence-corrected chi connectivity index (χ3v) is 3.90. The molecular weight excluding hydrogens is 268 g/mol. The number of amides is 1. The fourth-order valence-electron chi connectivity index (χ4n) is 2.07. The van der Waals surface area contributed by atoms with Crippen molar-refractivity contribution in [3.05, 3.63) is 35.9 Å². The summed E-state index contributed by atoms with van der Waals surface area (Å²) in [6.07, 6.45) is 2.73. The lowest BCUT2D eigenvalue weighted by Gasteiger charge is -2.32. The molecule has 1 unspecified atom stereocenters. The van der Waals surface area contributed by atoms with Crippen LogP contribution in [0, 0.1) is 5.41 Å². The van der Waals surface area contributed by atoms with E-state index >= 15 is 0 Å². The van der Waals surface area contributed by atoms with Gasteiger partial charge in [0.25, 0.3) is 0 Å². The van der Waals surface area contributed by atoms with Crippen LogP contribution in [0.1, 0.15) is 38.8 Å². The van der Waals surface area contributed by atoms with Gasteiger partial charge in [-0.3, -0.25) is 4.79 Å². The molecule has 4 heteroatoms. The first-order valence-corrected chi connectivity index (χ1v) is 8.35. The minimum Gasteiger partial charge on any atom is -0.347 e. The number of thioether (sulfide) groups is 1. The monoisotopic (exact) mass is 294 g/mol. The lowest BCUT2D eigenvalue weighted by atomic mass is 9.82. The number of carbonyl (C=O) groups excluding carboxylic acids is 1. The Morgan fingerprint density at radius 3 is 2.40 bits per heavy atom. The Morgan fingerprint density at radius 1 is 1.30 bits per heavy atom. The minimum absolute atomic E-state index is 0.0310. The second-order valence-electron chi connectivity index (χ2n) is 6.11. The molecule has 20 heavy (non-hydrogen) atoms. The highest BCUT2D eigenvalue weighted by Gasteiger charge is 2.29. The van der Waals surface area contributed by atoms with Crippen molar-refractivity contribution in [2.45, 2.75) is 39.3 Å². The zero-order valence-electron chi connectivity index (χ0n) is 12.8. The predicted molar refractivity (Wildman–Crippen MR) is 87.8 cm³/mol. The van der Waals surface area contributed by atoms with Crippen molar-refractivity contribution < 1.29 is 4.79 Å². The number of carbonyl (C=O) groups is 1. The third-order valence-electron chi connectivity index (χ3n) is 3.26. The van der Waals surface area contributed by atoms with Crippen LogP contribution in [-0.2, 0) is 4.79 Å². The van der Waals surface area contributed by atoms with E-state index in [2.05, 4.69) is 26.1 Å². The van der Waals surface area contributed by atoms with Gasteiger partial charge in [0.05, 0.1) is 12.1 Å². The van der Waals surface area contributed by atoms with Crippen molar-refractivity contribution in [1.29, 1.82) is 0 Å². The summed E-state index contributed by atoms with van der Waals surface area (Å²) in [4.78, 5) is 12.2. The average molecular weight is 294 g/mol. The highest BCUT2D eigenvalue weighted by molar-refractivity contribution is 7.98. The first-order valence-electron chi connectivity index (χ1n) is 6.96. The summed E-state index contributed by atoms with van der Waals surface area (Å²) in [6, 6.07) is 9.59. The summed E-state index contributed by atoms with van der Waals surface area (Å²) in [5.74, 6) is 0.836. The summed E-state index contributed by atoms with van der Waals surface area (Å²) < 4.78 is 0. The molecule has 0 aliphatic carbocycles. The fourth-order valence-corrected chi connectivity index (χ4v) is 2.56. The Hall–Kier alpha value is -1.00. The second-order valence-corrected chi connectivity index (χ2v) is 7.09. The van der Waals surface area contributed by atoms with Gasteiger partial charge in [-0.05, 0) is 29.4 Å². The first-order chi connectivity index (χ1) is 9.36. The molecule has 3 N–H and O–H groups in total. The van der Waals surface area contributed by atoms with Crippen molar-refractivity contribution in [3.8, 4) is 0 Å². The van der Waals surface area contributed by atoms with E-state index in [-0.39, 0.29) is 17.4 Å². The number of nitrogens with one attached hydrogen (secondary N) is 1. The van der Waals surface area contributed by atoms with Gasteiger partial charge in [0.1, 0.15) is 0 Å². The third kappa shape index (κ3) is 5.17. The molecule has 0 heterocycles. The van der Waals surface area contributed by atoms with Crippen LogP contribution in [0.25, 0.3) is 0 Å². The van der Waals surface area contributed by atoms with Crippen molar-refractivity contribution in [3.63, 3.8) is 0 Å². The van der Waals surface area contributed by atoms with Crippen LogP contribution in [0.3, 0.4) is 0 Å². The van der Waals surface area contributed by atoms with Crippen molar-refractivity contribution >= 4 is 17.7 Å². The topological polar surface area (TPSA) is 55.1 Å². The van der Waals surface area contributed by atoms with E-state index in [9.17, 15) is 4.79 Å². The van der Waals surface area contributed by atoms with Gasteiger partial charge in [0.2, 0.25) is 5.91 Å². The Balaban J connectivity index is 2.79. The summed E-state index contributed by atoms with van der Waals surface area (Å²) >= 11 is 1.71. The minimum atomic E-state index is -0.434. The maximum Gasteiger partial charge on any atom is 0.237 e. The van der Waals surface area contributed by atoms with Gasteiger partial charge in [-0.25, -0.2) is 0 Å². The van der Waals surface area contributed by atoms with E-state index in [4.69, 9.17) is 5.73 Å². The lowest BCUT2D eigenvalue weighted by molar-refractivity contribution is -0.124. The maximum absolute atomic E-state index is 12.2. The summed E-state index contributed by atoms with van der Waals surface area (Å²) in [7, 11) is 0. The van der Waals surface area contributed by atoms with Crippen LogP contribution in [-0.4, -0.2) is 24.0 Å². The number of rotatable bonds is 6. The molecule has 0 saturated carbocycles. The van der Waals surface area contributed by atoms with Gasteiger partial charge in [0.15, 0.2) is 0 Å². The van der Waals surface area contributed by atoms with Gasteiger partial charge in [-0.2, -0.15) is 11.8 Å². The maximum atomic E-state index is 12.2. The van der Waals surface area contributed by atoms with E-state index in [0.29, 0.717) is 6.42 Å². The Morgan fingerprint density at radius 2 is 1.90 bits per heavy atom. The van der Waals surface area contributed by atoms with Crippen LogP contribution in [0.5, 0.6) is 0 Å². The number of hydrogen-bond donors (Lipinski definition) is 2. The Labute approximate surface area is 126 Å². The first kappa shape index (κ1) is 17.1. The van der Waals surface area contributed by atoms with Crippen LogP contribution < -0.4 is 11.1 Å². The highest BCUT2D eigenvalue weighted by Crippen LogP contribution is 2.32. The molecule has 112 valence electrons. The van der Waals surface area contributed by atoms with Gasteiger partial charge in [-0.15, -0.1) is 0 Å². The SMILES string of the molecule is CSCC[C@H](N)C(=O)NC(c1ccccc1)C(C)(C)C. The molecule has 2 atom stereocenters. The molecule has 0 radical (unpaired) electrons. The van der Waals surface area contributed by atoms with Gasteiger partial charge in [-0.1, -0.05) is 51.1 Å². The zero-order chi connectivity index (χ0) is 15.2. The largest absolute Gasteiger partial charge is 0.347 e. The Bertz CT molecular complexity index is 414. The molecule has 1 aromatic rings. The molecule has 0 aliphatic rings. The van der Waals surface area contributed by atoms with E-state index < -0.39 is 6.04 Å². The molecule has 1 rings (SSSR count). The molecule has 0 fully saturated rings. The predicted octanol–water partition coefficient (Wildman–Crippen LogP) is 2.97. The van der Waals surface area contributed by atoms with E-state index in [0.717, 1.165) is 11.3 Å². The summed E-state index contributed by atoms with van der Waals surface area (Å²) in [5.41, 5.74) is 7.00. The van der Waals surface area contributed by atoms with Crippen LogP contribution in [0.15, 0.2) is 30.3 Å². The van der Waals surface area contributed by atoms with Gasteiger partial charge < -0.3 is 11.1 Å². The molecule has 1 amide bonds. The van der Waals surface area contributed by atoms with Gasteiger partial charge >= 0.3 is 0 Å². The molecule has 3 nitrogen and oxygen atoms in total. The summed E-state index contributed by atoms with van der Waals surface area (Å²) in [5, 5.41) is 3.11. The smallest absolute Gasteiger partial charge is 0.237 e. The molecule has 0 bridgehead atoms. The molecule has 0 saturated heterocycles. The highest BCUT2D eigenvalue weighted by atomic mass is 32.2. The van der Waals surface area contributed by atoms with E-state index in [1.165, 1.54) is 0 Å². The normalized spacial score (nSPS) is 14.7. The van der Waals surface area contributed by atoms with Crippen LogP contribution >= 0.6 is 11.8 Å². The fraction of sp³-hybridized carbons (Fsp3) is 0.562. The van der Waals surface area contributed by atoms with Crippen molar-refractivity contribution in [1.82, 2.24) is 5.32 Å².